The van der Waals surface area contributed by atoms with E-state index in [0.29, 0.717) is 12.0 Å². The summed E-state index contributed by atoms with van der Waals surface area (Å²) in [5.74, 6) is 0.471. The van der Waals surface area contributed by atoms with Crippen molar-refractivity contribution in [3.8, 4) is 0 Å². The minimum atomic E-state index is -0.108. The van der Waals surface area contributed by atoms with Crippen molar-refractivity contribution in [2.45, 2.75) is 58.3 Å². The molecule has 1 aromatic rings. The highest BCUT2D eigenvalue weighted by atomic mass is 79.9. The van der Waals surface area contributed by atoms with Gasteiger partial charge in [-0.1, -0.05) is 35.0 Å². The van der Waals surface area contributed by atoms with Crippen LogP contribution in [-0.2, 0) is 4.74 Å². The molecular weight excluding hydrogens is 314 g/mol. The van der Waals surface area contributed by atoms with Gasteiger partial charge in [0.25, 0.3) is 0 Å². The first-order chi connectivity index (χ1) is 9.25. The van der Waals surface area contributed by atoms with Gasteiger partial charge in [0.15, 0.2) is 0 Å². The van der Waals surface area contributed by atoms with Crippen LogP contribution in [0.15, 0.2) is 28.7 Å². The number of rotatable bonds is 4. The summed E-state index contributed by atoms with van der Waals surface area (Å²) in [6.07, 6.45) is 1.08. The van der Waals surface area contributed by atoms with E-state index in [9.17, 15) is 0 Å². The van der Waals surface area contributed by atoms with Crippen LogP contribution in [0.4, 0.5) is 0 Å². The molecule has 1 N–H and O–H groups in total. The van der Waals surface area contributed by atoms with Gasteiger partial charge in [-0.3, -0.25) is 0 Å². The normalized spacial score (nSPS) is 25.6. The zero-order valence-electron chi connectivity index (χ0n) is 13.2. The Balaban J connectivity index is 2.31. The molecule has 0 radical (unpaired) electrons. The lowest BCUT2D eigenvalue weighted by Crippen LogP contribution is -2.38. The van der Waals surface area contributed by atoms with Gasteiger partial charge in [-0.05, 0) is 58.4 Å². The van der Waals surface area contributed by atoms with Gasteiger partial charge >= 0.3 is 0 Å². The lowest BCUT2D eigenvalue weighted by atomic mass is 9.79. The molecule has 0 saturated carbocycles. The molecule has 1 heterocycles. The third-order valence-electron chi connectivity index (χ3n) is 4.20. The summed E-state index contributed by atoms with van der Waals surface area (Å²) in [6.45, 7) is 12.0. The molecule has 1 aliphatic heterocycles. The largest absolute Gasteiger partial charge is 0.369 e. The number of ether oxygens (including phenoxy) is 1. The van der Waals surface area contributed by atoms with E-state index in [-0.39, 0.29) is 11.2 Å². The molecule has 1 saturated heterocycles. The first kappa shape index (κ1) is 16.0. The number of halogens is 1. The van der Waals surface area contributed by atoms with E-state index >= 15 is 0 Å². The van der Waals surface area contributed by atoms with Crippen molar-refractivity contribution in [1.82, 2.24) is 5.32 Å². The van der Waals surface area contributed by atoms with Crippen molar-refractivity contribution in [1.29, 1.82) is 0 Å². The summed E-state index contributed by atoms with van der Waals surface area (Å²) in [6, 6.07) is 8.99. The van der Waals surface area contributed by atoms with Crippen molar-refractivity contribution >= 4 is 15.9 Å². The van der Waals surface area contributed by atoms with Crippen molar-refractivity contribution in [2.24, 2.45) is 5.92 Å². The van der Waals surface area contributed by atoms with Crippen molar-refractivity contribution in [3.05, 3.63) is 34.3 Å². The molecule has 0 spiro atoms. The van der Waals surface area contributed by atoms with Gasteiger partial charge in [0.05, 0.1) is 11.2 Å². The quantitative estimate of drug-likeness (QED) is 0.858. The first-order valence-corrected chi connectivity index (χ1v) is 8.23. The Hall–Kier alpha value is -0.380. The van der Waals surface area contributed by atoms with Gasteiger partial charge in [-0.25, -0.2) is 0 Å². The lowest BCUT2D eigenvalue weighted by Gasteiger charge is -2.33. The van der Waals surface area contributed by atoms with E-state index in [1.165, 1.54) is 5.56 Å². The Labute approximate surface area is 131 Å². The fraction of sp³-hybridized carbons (Fsp3) is 0.647. The average Bonchev–Trinajstić information content (AvgIpc) is 2.55. The smallest absolute Gasteiger partial charge is 0.0681 e. The Bertz CT molecular complexity index is 453. The van der Waals surface area contributed by atoms with Crippen LogP contribution in [0.5, 0.6) is 0 Å². The summed E-state index contributed by atoms with van der Waals surface area (Å²) >= 11 is 3.51. The van der Waals surface area contributed by atoms with Gasteiger partial charge in [-0.2, -0.15) is 0 Å². The van der Waals surface area contributed by atoms with Crippen LogP contribution in [0, 0.1) is 5.92 Å². The topological polar surface area (TPSA) is 21.3 Å². The maximum atomic E-state index is 6.27. The van der Waals surface area contributed by atoms with Gasteiger partial charge in [0, 0.05) is 16.4 Å². The molecule has 2 atom stereocenters. The standard InChI is InChI=1S/C17H26BrNO/c1-6-19-15(12-7-9-13(18)10-8-12)14-11-16(2,3)20-17(14,4)5/h7-10,14-15,19H,6,11H2,1-5H3. The summed E-state index contributed by atoms with van der Waals surface area (Å²) in [7, 11) is 0. The summed E-state index contributed by atoms with van der Waals surface area (Å²) < 4.78 is 7.40. The van der Waals surface area contributed by atoms with Crippen LogP contribution < -0.4 is 5.32 Å². The van der Waals surface area contributed by atoms with Crippen LogP contribution in [0.1, 0.15) is 52.6 Å². The van der Waals surface area contributed by atoms with E-state index < -0.39 is 0 Å². The predicted octanol–water partition coefficient (Wildman–Crippen LogP) is 4.69. The minimum absolute atomic E-state index is 0.0444. The molecule has 2 nitrogen and oxygen atoms in total. The molecule has 2 rings (SSSR count). The minimum Gasteiger partial charge on any atom is -0.369 e. The molecule has 112 valence electrons. The third kappa shape index (κ3) is 3.44. The molecule has 0 aromatic heterocycles. The molecule has 20 heavy (non-hydrogen) atoms. The average molecular weight is 340 g/mol. The molecule has 3 heteroatoms. The second kappa shape index (κ2) is 5.78. The Kier molecular flexibility index (Phi) is 4.63. The molecule has 2 unspecified atom stereocenters. The van der Waals surface area contributed by atoms with Crippen LogP contribution in [0.3, 0.4) is 0 Å². The van der Waals surface area contributed by atoms with Gasteiger partial charge in [0.1, 0.15) is 0 Å². The van der Waals surface area contributed by atoms with Gasteiger partial charge in [0.2, 0.25) is 0 Å². The van der Waals surface area contributed by atoms with E-state index in [4.69, 9.17) is 4.74 Å². The van der Waals surface area contributed by atoms with Crippen molar-refractivity contribution in [2.75, 3.05) is 6.54 Å². The second-order valence-electron chi connectivity index (χ2n) is 6.86. The van der Waals surface area contributed by atoms with Crippen LogP contribution in [0.25, 0.3) is 0 Å². The van der Waals surface area contributed by atoms with Crippen molar-refractivity contribution in [3.63, 3.8) is 0 Å². The zero-order valence-corrected chi connectivity index (χ0v) is 14.8. The molecule has 1 fully saturated rings. The molecule has 0 bridgehead atoms. The Morgan fingerprint density at radius 1 is 1.25 bits per heavy atom. The third-order valence-corrected chi connectivity index (χ3v) is 4.73. The number of hydrogen-bond donors (Lipinski definition) is 1. The Morgan fingerprint density at radius 3 is 2.30 bits per heavy atom. The maximum absolute atomic E-state index is 6.27. The van der Waals surface area contributed by atoms with Gasteiger partial charge in [-0.15, -0.1) is 0 Å². The zero-order chi connectivity index (χ0) is 15.0. The predicted molar refractivity (Wildman–Crippen MR) is 87.9 cm³/mol. The second-order valence-corrected chi connectivity index (χ2v) is 7.78. The fourth-order valence-corrected chi connectivity index (χ4v) is 3.77. The summed E-state index contributed by atoms with van der Waals surface area (Å²) in [5, 5.41) is 3.66. The SMILES string of the molecule is CCNC(c1ccc(Br)cc1)C1CC(C)(C)OC1(C)C. The van der Waals surface area contributed by atoms with Crippen LogP contribution in [0.2, 0.25) is 0 Å². The highest BCUT2D eigenvalue weighted by Crippen LogP contribution is 2.47. The highest BCUT2D eigenvalue weighted by molar-refractivity contribution is 9.10. The highest BCUT2D eigenvalue weighted by Gasteiger charge is 2.49. The van der Waals surface area contributed by atoms with Gasteiger partial charge < -0.3 is 10.1 Å². The number of hydrogen-bond acceptors (Lipinski definition) is 2. The van der Waals surface area contributed by atoms with E-state index in [2.05, 4.69) is 80.1 Å². The van der Waals surface area contributed by atoms with Crippen LogP contribution in [-0.4, -0.2) is 17.7 Å². The molecule has 1 aromatic carbocycles. The van der Waals surface area contributed by atoms with Crippen molar-refractivity contribution < 1.29 is 4.74 Å². The van der Waals surface area contributed by atoms with E-state index in [0.717, 1.165) is 17.4 Å². The fourth-order valence-electron chi connectivity index (χ4n) is 3.51. The summed E-state index contributed by atoms with van der Waals surface area (Å²) in [4.78, 5) is 0. The van der Waals surface area contributed by atoms with E-state index in [1.807, 2.05) is 0 Å². The molecule has 0 amide bonds. The Morgan fingerprint density at radius 2 is 1.85 bits per heavy atom. The lowest BCUT2D eigenvalue weighted by molar-refractivity contribution is -0.0778. The summed E-state index contributed by atoms with van der Waals surface area (Å²) in [5.41, 5.74) is 1.19. The molecule has 1 aliphatic rings. The van der Waals surface area contributed by atoms with Crippen LogP contribution >= 0.6 is 15.9 Å². The molecular formula is C17H26BrNO. The first-order valence-electron chi connectivity index (χ1n) is 7.44. The van der Waals surface area contributed by atoms with E-state index in [1.54, 1.807) is 0 Å². The maximum Gasteiger partial charge on any atom is 0.0681 e. The monoisotopic (exact) mass is 339 g/mol. The number of nitrogens with one attached hydrogen (secondary N) is 1. The number of benzene rings is 1. The molecule has 0 aliphatic carbocycles.